The Hall–Kier alpha value is -2.97. The van der Waals surface area contributed by atoms with E-state index in [0.717, 1.165) is 17.4 Å². The molecule has 0 bridgehead atoms. The Bertz CT molecular complexity index is 857. The molecule has 9 heteroatoms. The van der Waals surface area contributed by atoms with Crippen molar-refractivity contribution in [3.8, 4) is 0 Å². The van der Waals surface area contributed by atoms with E-state index in [4.69, 9.17) is 4.74 Å². The summed E-state index contributed by atoms with van der Waals surface area (Å²) in [6, 6.07) is 3.52. The van der Waals surface area contributed by atoms with Crippen LogP contribution in [0, 0.1) is 18.7 Å². The number of aryl methyl sites for hydroxylation is 1. The van der Waals surface area contributed by atoms with E-state index in [1.54, 1.807) is 13.8 Å². The Labute approximate surface area is 175 Å². The predicted octanol–water partition coefficient (Wildman–Crippen LogP) is 2.75. The van der Waals surface area contributed by atoms with E-state index in [1.807, 2.05) is 13.8 Å². The lowest BCUT2D eigenvalue weighted by Gasteiger charge is -2.22. The highest BCUT2D eigenvalue weighted by molar-refractivity contribution is 6.08. The number of imide groups is 1. The van der Waals surface area contributed by atoms with Crippen LogP contribution in [0.15, 0.2) is 18.2 Å². The van der Waals surface area contributed by atoms with Crippen LogP contribution in [0.3, 0.4) is 0 Å². The fourth-order valence-corrected chi connectivity index (χ4v) is 2.97. The maximum atomic E-state index is 13.6. The normalized spacial score (nSPS) is 19.6. The third kappa shape index (κ3) is 5.55. The van der Waals surface area contributed by atoms with Gasteiger partial charge in [-0.25, -0.2) is 9.18 Å². The molecular formula is C21H28FN3O5. The van der Waals surface area contributed by atoms with Gasteiger partial charge in [0.1, 0.15) is 17.9 Å². The van der Waals surface area contributed by atoms with Crippen LogP contribution in [-0.2, 0) is 19.1 Å². The van der Waals surface area contributed by atoms with E-state index in [0.29, 0.717) is 17.9 Å². The summed E-state index contributed by atoms with van der Waals surface area (Å²) in [5, 5.41) is 5.07. The van der Waals surface area contributed by atoms with Gasteiger partial charge < -0.3 is 15.4 Å². The number of ether oxygens (including phenoxy) is 1. The van der Waals surface area contributed by atoms with E-state index >= 15 is 0 Å². The largest absolute Gasteiger partial charge is 0.451 e. The van der Waals surface area contributed by atoms with Crippen LogP contribution in [0.1, 0.15) is 46.1 Å². The van der Waals surface area contributed by atoms with E-state index in [9.17, 15) is 23.6 Å². The van der Waals surface area contributed by atoms with Gasteiger partial charge in [-0.05, 0) is 57.2 Å². The summed E-state index contributed by atoms with van der Waals surface area (Å²) in [5.74, 6) is -2.18. The van der Waals surface area contributed by atoms with Gasteiger partial charge in [-0.3, -0.25) is 19.3 Å². The minimum Gasteiger partial charge on any atom is -0.451 e. The minimum absolute atomic E-state index is 0.223. The maximum absolute atomic E-state index is 13.6. The molecule has 2 rings (SSSR count). The number of esters is 1. The average molecular weight is 421 g/mol. The molecule has 30 heavy (non-hydrogen) atoms. The fourth-order valence-electron chi connectivity index (χ4n) is 2.97. The first kappa shape index (κ1) is 23.3. The molecule has 1 aliphatic rings. The fraction of sp³-hybridized carbons (Fsp3) is 0.524. The van der Waals surface area contributed by atoms with Crippen molar-refractivity contribution in [3.63, 3.8) is 0 Å². The molecule has 1 aliphatic heterocycles. The first-order chi connectivity index (χ1) is 13.9. The Balaban J connectivity index is 1.92. The molecule has 0 aliphatic carbocycles. The first-order valence-electron chi connectivity index (χ1n) is 9.83. The number of hydrogen-bond acceptors (Lipinski definition) is 5. The number of benzene rings is 1. The summed E-state index contributed by atoms with van der Waals surface area (Å²) >= 11 is 0. The lowest BCUT2D eigenvalue weighted by molar-refractivity contribution is -0.155. The van der Waals surface area contributed by atoms with Crippen molar-refractivity contribution in [1.82, 2.24) is 10.2 Å². The lowest BCUT2D eigenvalue weighted by Crippen LogP contribution is -2.44. The number of rotatable bonds is 8. The zero-order chi connectivity index (χ0) is 22.6. The molecule has 8 nitrogen and oxygen atoms in total. The van der Waals surface area contributed by atoms with Crippen molar-refractivity contribution in [3.05, 3.63) is 29.6 Å². The van der Waals surface area contributed by atoms with Gasteiger partial charge in [0.15, 0.2) is 6.10 Å². The number of nitrogens with zero attached hydrogens (tertiary/aromatic N) is 1. The number of amides is 4. The van der Waals surface area contributed by atoms with Crippen molar-refractivity contribution in [2.45, 2.75) is 59.1 Å². The Morgan fingerprint density at radius 3 is 2.53 bits per heavy atom. The van der Waals surface area contributed by atoms with E-state index in [-0.39, 0.29) is 5.69 Å². The second-order valence-corrected chi connectivity index (χ2v) is 8.17. The molecule has 0 unspecified atom stereocenters. The summed E-state index contributed by atoms with van der Waals surface area (Å²) in [7, 11) is 0. The number of anilines is 1. The predicted molar refractivity (Wildman–Crippen MR) is 108 cm³/mol. The van der Waals surface area contributed by atoms with Gasteiger partial charge in [0.2, 0.25) is 0 Å². The Morgan fingerprint density at radius 2 is 1.93 bits per heavy atom. The van der Waals surface area contributed by atoms with Crippen LogP contribution in [0.4, 0.5) is 14.9 Å². The molecule has 2 atom stereocenters. The van der Waals surface area contributed by atoms with Crippen LogP contribution in [-0.4, -0.2) is 46.9 Å². The Morgan fingerprint density at radius 1 is 1.27 bits per heavy atom. The standard InChI is InChI=1S/C21H28FN3O5/c1-12(2)8-9-21(5)19(28)25(20(29)24-21)11-17(26)30-14(4)18(27)23-15-7-6-13(3)16(22)10-15/h6-7,10,12,14H,8-9,11H2,1-5H3,(H,23,27)(H,24,29)/t14-,21-/m1/s1. The molecule has 4 amide bonds. The van der Waals surface area contributed by atoms with Crippen molar-refractivity contribution in [2.75, 3.05) is 11.9 Å². The van der Waals surface area contributed by atoms with E-state index in [1.165, 1.54) is 19.1 Å². The van der Waals surface area contributed by atoms with Crippen molar-refractivity contribution in [2.24, 2.45) is 5.92 Å². The van der Waals surface area contributed by atoms with E-state index < -0.39 is 47.8 Å². The Kier molecular flexibility index (Phi) is 7.17. The molecule has 2 N–H and O–H groups in total. The van der Waals surface area contributed by atoms with Crippen molar-refractivity contribution < 1.29 is 28.3 Å². The topological polar surface area (TPSA) is 105 Å². The van der Waals surface area contributed by atoms with Gasteiger partial charge in [0.05, 0.1) is 0 Å². The summed E-state index contributed by atoms with van der Waals surface area (Å²) < 4.78 is 18.6. The second kappa shape index (κ2) is 9.23. The van der Waals surface area contributed by atoms with Crippen LogP contribution in [0.25, 0.3) is 0 Å². The summed E-state index contributed by atoms with van der Waals surface area (Å²) in [4.78, 5) is 50.0. The molecule has 1 saturated heterocycles. The molecule has 1 aromatic rings. The smallest absolute Gasteiger partial charge is 0.327 e. The highest BCUT2D eigenvalue weighted by Crippen LogP contribution is 2.24. The van der Waals surface area contributed by atoms with Gasteiger partial charge in [-0.15, -0.1) is 0 Å². The van der Waals surface area contributed by atoms with Gasteiger partial charge in [-0.2, -0.15) is 0 Å². The van der Waals surface area contributed by atoms with Crippen molar-refractivity contribution >= 4 is 29.5 Å². The number of halogens is 1. The van der Waals surface area contributed by atoms with Crippen LogP contribution < -0.4 is 10.6 Å². The highest BCUT2D eigenvalue weighted by atomic mass is 19.1. The summed E-state index contributed by atoms with van der Waals surface area (Å²) in [6.45, 7) is 7.98. The summed E-state index contributed by atoms with van der Waals surface area (Å²) in [5.41, 5.74) is -0.414. The maximum Gasteiger partial charge on any atom is 0.327 e. The van der Waals surface area contributed by atoms with Gasteiger partial charge in [0.25, 0.3) is 11.8 Å². The number of carbonyl (C=O) groups excluding carboxylic acids is 4. The molecule has 1 aromatic carbocycles. The molecule has 1 fully saturated rings. The zero-order valence-electron chi connectivity index (χ0n) is 17.9. The van der Waals surface area contributed by atoms with Gasteiger partial charge in [0, 0.05) is 5.69 Å². The quantitative estimate of drug-likeness (QED) is 0.496. The van der Waals surface area contributed by atoms with Gasteiger partial charge in [-0.1, -0.05) is 19.9 Å². The molecule has 0 saturated carbocycles. The SMILES string of the molecule is Cc1ccc(NC(=O)[C@@H](C)OC(=O)CN2C(=O)N[C@](C)(CCC(C)C)C2=O)cc1F. The van der Waals surface area contributed by atoms with E-state index in [2.05, 4.69) is 10.6 Å². The third-order valence-electron chi connectivity index (χ3n) is 4.97. The number of nitrogens with one attached hydrogen (secondary N) is 2. The summed E-state index contributed by atoms with van der Waals surface area (Å²) in [6.07, 6.45) is -0.0143. The van der Waals surface area contributed by atoms with Crippen LogP contribution in [0.2, 0.25) is 0 Å². The highest BCUT2D eigenvalue weighted by Gasteiger charge is 2.48. The third-order valence-corrected chi connectivity index (χ3v) is 4.97. The molecule has 1 heterocycles. The molecule has 0 radical (unpaired) electrons. The molecular weight excluding hydrogens is 393 g/mol. The zero-order valence-corrected chi connectivity index (χ0v) is 17.9. The monoisotopic (exact) mass is 421 g/mol. The first-order valence-corrected chi connectivity index (χ1v) is 9.83. The number of carbonyl (C=O) groups is 4. The number of urea groups is 1. The molecule has 0 aromatic heterocycles. The van der Waals surface area contributed by atoms with Gasteiger partial charge >= 0.3 is 12.0 Å². The lowest BCUT2D eigenvalue weighted by atomic mass is 9.92. The second-order valence-electron chi connectivity index (χ2n) is 8.17. The molecule has 0 spiro atoms. The minimum atomic E-state index is -1.20. The van der Waals surface area contributed by atoms with Crippen LogP contribution >= 0.6 is 0 Å². The number of hydrogen-bond donors (Lipinski definition) is 2. The van der Waals surface area contributed by atoms with Crippen LogP contribution in [0.5, 0.6) is 0 Å². The average Bonchev–Trinajstić information content (AvgIpc) is 2.86. The van der Waals surface area contributed by atoms with Crippen molar-refractivity contribution in [1.29, 1.82) is 0 Å². The molecule has 164 valence electrons.